The van der Waals surface area contributed by atoms with Crippen molar-refractivity contribution in [2.45, 2.75) is 32.7 Å². The molecule has 1 aliphatic rings. The molecule has 1 atom stereocenters. The van der Waals surface area contributed by atoms with E-state index >= 15 is 0 Å². The van der Waals surface area contributed by atoms with Crippen LogP contribution in [0.15, 0.2) is 18.2 Å². The van der Waals surface area contributed by atoms with E-state index in [1.165, 1.54) is 0 Å². The van der Waals surface area contributed by atoms with E-state index in [1.807, 2.05) is 26.1 Å². The number of aldehydes is 1. The molecule has 5 heteroatoms. The van der Waals surface area contributed by atoms with Crippen molar-refractivity contribution in [3.63, 3.8) is 0 Å². The van der Waals surface area contributed by atoms with E-state index in [9.17, 15) is 9.59 Å². The van der Waals surface area contributed by atoms with E-state index in [4.69, 9.17) is 0 Å². The van der Waals surface area contributed by atoms with Gasteiger partial charge in [-0.1, -0.05) is 13.3 Å². The fraction of sp³-hybridized carbons (Fsp3) is 0.556. The molecule has 1 aliphatic heterocycles. The smallest absolute Gasteiger partial charge is 0.254 e. The van der Waals surface area contributed by atoms with Crippen LogP contribution >= 0.6 is 0 Å². The minimum atomic E-state index is -0.0834. The summed E-state index contributed by atoms with van der Waals surface area (Å²) >= 11 is 0. The summed E-state index contributed by atoms with van der Waals surface area (Å²) in [6.45, 7) is 7.85. The Labute approximate surface area is 138 Å². The minimum absolute atomic E-state index is 0.0834. The Hall–Kier alpha value is -1.88. The number of carbonyl (C=O) groups is 2. The molecule has 1 unspecified atom stereocenters. The molecular formula is C18H27N3O2. The molecule has 0 aliphatic carbocycles. The Bertz CT molecular complexity index is 553. The molecular weight excluding hydrogens is 290 g/mol. The summed E-state index contributed by atoms with van der Waals surface area (Å²) in [5.74, 6) is -0.0834. The number of nitrogens with one attached hydrogen (secondary N) is 1. The number of piperazine rings is 1. The van der Waals surface area contributed by atoms with E-state index in [0.29, 0.717) is 11.1 Å². The van der Waals surface area contributed by atoms with Crippen molar-refractivity contribution in [2.24, 2.45) is 0 Å². The minimum Gasteiger partial charge on any atom is -0.369 e. The molecule has 23 heavy (non-hydrogen) atoms. The Morgan fingerprint density at radius 1 is 1.39 bits per heavy atom. The Kier molecular flexibility index (Phi) is 6.16. The van der Waals surface area contributed by atoms with Crippen LogP contribution in [0.3, 0.4) is 0 Å². The number of hydrogen-bond donors (Lipinski definition) is 1. The molecule has 5 nitrogen and oxygen atoms in total. The van der Waals surface area contributed by atoms with Crippen LogP contribution in [-0.2, 0) is 0 Å². The predicted molar refractivity (Wildman–Crippen MR) is 93.4 cm³/mol. The third-order valence-electron chi connectivity index (χ3n) is 4.56. The van der Waals surface area contributed by atoms with Crippen molar-refractivity contribution in [3.8, 4) is 0 Å². The first kappa shape index (κ1) is 17.5. The van der Waals surface area contributed by atoms with Gasteiger partial charge in [0.05, 0.1) is 5.56 Å². The zero-order valence-electron chi connectivity index (χ0n) is 14.3. The number of amides is 1. The molecule has 0 radical (unpaired) electrons. The summed E-state index contributed by atoms with van der Waals surface area (Å²) in [6, 6.07) is 5.74. The Balaban J connectivity index is 2.21. The molecule has 0 aromatic heterocycles. The molecule has 126 valence electrons. The topological polar surface area (TPSA) is 52.7 Å². The maximum atomic E-state index is 12.7. The standard InChI is InChI=1S/C18H27N3O2/c1-4-5-14(2)20(3)18(23)17-7-6-16(12-15(17)13-22)21-10-8-19-9-11-21/h6-7,12-14,19H,4-5,8-11H2,1-3H3. The van der Waals surface area contributed by atoms with Crippen molar-refractivity contribution in [1.29, 1.82) is 0 Å². The van der Waals surface area contributed by atoms with E-state index in [-0.39, 0.29) is 11.9 Å². The Morgan fingerprint density at radius 2 is 2.09 bits per heavy atom. The molecule has 1 saturated heterocycles. The van der Waals surface area contributed by atoms with Crippen molar-refractivity contribution in [3.05, 3.63) is 29.3 Å². The van der Waals surface area contributed by atoms with Crippen LogP contribution in [-0.4, -0.2) is 56.4 Å². The van der Waals surface area contributed by atoms with Crippen LogP contribution in [0.25, 0.3) is 0 Å². The lowest BCUT2D eigenvalue weighted by Gasteiger charge is -2.30. The molecule has 1 fully saturated rings. The number of anilines is 1. The lowest BCUT2D eigenvalue weighted by molar-refractivity contribution is 0.0734. The highest BCUT2D eigenvalue weighted by Gasteiger charge is 2.21. The van der Waals surface area contributed by atoms with Gasteiger partial charge in [-0.3, -0.25) is 9.59 Å². The van der Waals surface area contributed by atoms with Crippen molar-refractivity contribution < 1.29 is 9.59 Å². The third kappa shape index (κ3) is 4.10. The summed E-state index contributed by atoms with van der Waals surface area (Å²) in [4.78, 5) is 28.1. The van der Waals surface area contributed by atoms with Crippen LogP contribution in [0.5, 0.6) is 0 Å². The second kappa shape index (κ2) is 8.11. The monoisotopic (exact) mass is 317 g/mol. The number of carbonyl (C=O) groups excluding carboxylic acids is 2. The maximum absolute atomic E-state index is 12.7. The lowest BCUT2D eigenvalue weighted by atomic mass is 10.0. The van der Waals surface area contributed by atoms with Gasteiger partial charge < -0.3 is 15.1 Å². The molecule has 2 rings (SSSR count). The number of hydrogen-bond acceptors (Lipinski definition) is 4. The average Bonchev–Trinajstić information content (AvgIpc) is 2.60. The van der Waals surface area contributed by atoms with Gasteiger partial charge in [0.2, 0.25) is 0 Å². The van der Waals surface area contributed by atoms with Gasteiger partial charge in [0.25, 0.3) is 5.91 Å². The average molecular weight is 317 g/mol. The highest BCUT2D eigenvalue weighted by Crippen LogP contribution is 2.21. The fourth-order valence-corrected chi connectivity index (χ4v) is 2.96. The first-order valence-corrected chi connectivity index (χ1v) is 8.40. The van der Waals surface area contributed by atoms with Gasteiger partial charge in [-0.2, -0.15) is 0 Å². The molecule has 0 saturated carbocycles. The van der Waals surface area contributed by atoms with E-state index in [2.05, 4.69) is 17.1 Å². The zero-order valence-corrected chi connectivity index (χ0v) is 14.3. The number of rotatable bonds is 6. The highest BCUT2D eigenvalue weighted by atomic mass is 16.2. The molecule has 1 aromatic rings. The second-order valence-electron chi connectivity index (χ2n) is 6.18. The summed E-state index contributed by atoms with van der Waals surface area (Å²) in [5.41, 5.74) is 1.97. The van der Waals surface area contributed by atoms with Gasteiger partial charge in [-0.25, -0.2) is 0 Å². The zero-order chi connectivity index (χ0) is 16.8. The molecule has 1 aromatic carbocycles. The van der Waals surface area contributed by atoms with Gasteiger partial charge in [0.1, 0.15) is 0 Å². The van der Waals surface area contributed by atoms with Gasteiger partial charge in [-0.15, -0.1) is 0 Å². The summed E-state index contributed by atoms with van der Waals surface area (Å²) < 4.78 is 0. The lowest BCUT2D eigenvalue weighted by Crippen LogP contribution is -2.43. The van der Waals surface area contributed by atoms with Crippen LogP contribution in [0.1, 0.15) is 47.4 Å². The largest absolute Gasteiger partial charge is 0.369 e. The molecule has 1 N–H and O–H groups in total. The van der Waals surface area contributed by atoms with Gasteiger partial charge in [-0.05, 0) is 31.5 Å². The first-order chi connectivity index (χ1) is 11.1. The van der Waals surface area contributed by atoms with Crippen molar-refractivity contribution >= 4 is 17.9 Å². The van der Waals surface area contributed by atoms with E-state index in [0.717, 1.165) is 51.0 Å². The van der Waals surface area contributed by atoms with Crippen LogP contribution in [0.2, 0.25) is 0 Å². The van der Waals surface area contributed by atoms with Gasteiger partial charge in [0, 0.05) is 50.5 Å². The normalized spacial score (nSPS) is 16.0. The number of benzene rings is 1. The van der Waals surface area contributed by atoms with Crippen LogP contribution < -0.4 is 10.2 Å². The summed E-state index contributed by atoms with van der Waals surface area (Å²) in [5, 5.41) is 3.31. The highest BCUT2D eigenvalue weighted by molar-refractivity contribution is 6.02. The van der Waals surface area contributed by atoms with E-state index in [1.54, 1.807) is 11.0 Å². The van der Waals surface area contributed by atoms with Gasteiger partial charge >= 0.3 is 0 Å². The summed E-state index contributed by atoms with van der Waals surface area (Å²) in [7, 11) is 1.81. The fourth-order valence-electron chi connectivity index (χ4n) is 2.96. The SMILES string of the molecule is CCCC(C)N(C)C(=O)c1ccc(N2CCNCC2)cc1C=O. The molecule has 1 amide bonds. The predicted octanol–water partition coefficient (Wildman–Crippen LogP) is 2.17. The van der Waals surface area contributed by atoms with E-state index < -0.39 is 0 Å². The second-order valence-corrected chi connectivity index (χ2v) is 6.18. The molecule has 0 bridgehead atoms. The number of nitrogens with zero attached hydrogens (tertiary/aromatic N) is 2. The molecule has 0 spiro atoms. The Morgan fingerprint density at radius 3 is 2.70 bits per heavy atom. The first-order valence-electron chi connectivity index (χ1n) is 8.40. The third-order valence-corrected chi connectivity index (χ3v) is 4.56. The van der Waals surface area contributed by atoms with Crippen LogP contribution in [0.4, 0.5) is 5.69 Å². The van der Waals surface area contributed by atoms with Crippen LogP contribution in [0, 0.1) is 0 Å². The maximum Gasteiger partial charge on any atom is 0.254 e. The van der Waals surface area contributed by atoms with Crippen molar-refractivity contribution in [2.75, 3.05) is 38.1 Å². The van der Waals surface area contributed by atoms with Crippen molar-refractivity contribution in [1.82, 2.24) is 10.2 Å². The molecule has 1 heterocycles. The quantitative estimate of drug-likeness (QED) is 0.817. The van der Waals surface area contributed by atoms with Gasteiger partial charge in [0.15, 0.2) is 6.29 Å². The summed E-state index contributed by atoms with van der Waals surface area (Å²) in [6.07, 6.45) is 2.77.